The first kappa shape index (κ1) is 21.8. The van der Waals surface area contributed by atoms with Crippen LogP contribution >= 0.6 is 11.6 Å². The third-order valence-corrected chi connectivity index (χ3v) is 7.39. The van der Waals surface area contributed by atoms with Gasteiger partial charge in [0.2, 0.25) is 0 Å². The van der Waals surface area contributed by atoms with Gasteiger partial charge in [-0.2, -0.15) is 0 Å². The minimum absolute atomic E-state index is 0.140. The lowest BCUT2D eigenvalue weighted by Gasteiger charge is -2.20. The summed E-state index contributed by atoms with van der Waals surface area (Å²) in [7, 11) is -3.73. The highest BCUT2D eigenvalue weighted by atomic mass is 35.5. The first-order valence-electron chi connectivity index (χ1n) is 9.91. The largest absolute Gasteiger partial charge is 0.295 e. The Bertz CT molecular complexity index is 1400. The number of halogens is 1. The van der Waals surface area contributed by atoms with Crippen molar-refractivity contribution in [3.63, 3.8) is 0 Å². The molecule has 0 amide bonds. The highest BCUT2D eigenvalue weighted by Gasteiger charge is 2.30. The van der Waals surface area contributed by atoms with E-state index in [4.69, 9.17) is 18.2 Å². The first-order valence-corrected chi connectivity index (χ1v) is 11.7. The number of sulfonamides is 1. The number of benzene rings is 3. The van der Waals surface area contributed by atoms with Gasteiger partial charge in [-0.15, -0.1) is 0 Å². The lowest BCUT2D eigenvalue weighted by molar-refractivity contribution is 0.101. The topological polar surface area (TPSA) is 58.8 Å². The zero-order valence-electron chi connectivity index (χ0n) is 17.2. The SMILES string of the molecule is [C-]#[N+]c1ccc(C=Cc2cccc(S(=O)(=O)N3CCc4cc(Cl)ccc43)c2)c(C(C)=O)c1. The van der Waals surface area contributed by atoms with E-state index in [1.54, 1.807) is 72.8 Å². The van der Waals surface area contributed by atoms with Gasteiger partial charge < -0.3 is 0 Å². The maximum Gasteiger partial charge on any atom is 0.264 e. The van der Waals surface area contributed by atoms with Gasteiger partial charge in [0, 0.05) is 17.1 Å². The lowest BCUT2D eigenvalue weighted by atomic mass is 10.0. The fourth-order valence-corrected chi connectivity index (χ4v) is 5.50. The molecule has 0 bridgehead atoms. The predicted octanol–water partition coefficient (Wildman–Crippen LogP) is 6.02. The van der Waals surface area contributed by atoms with Crippen molar-refractivity contribution in [1.82, 2.24) is 0 Å². The summed E-state index contributed by atoms with van der Waals surface area (Å²) in [5.74, 6) is -0.140. The normalized spacial score (nSPS) is 13.2. The second kappa shape index (κ2) is 8.62. The molecule has 32 heavy (non-hydrogen) atoms. The van der Waals surface area contributed by atoms with Crippen molar-refractivity contribution in [3.8, 4) is 0 Å². The molecular weight excluding hydrogens is 444 g/mol. The molecule has 4 rings (SSSR count). The van der Waals surface area contributed by atoms with Gasteiger partial charge in [-0.25, -0.2) is 13.3 Å². The number of hydrogen-bond acceptors (Lipinski definition) is 3. The highest BCUT2D eigenvalue weighted by Crippen LogP contribution is 2.34. The molecular formula is C25H19ClN2O3S. The zero-order chi connectivity index (χ0) is 22.9. The number of anilines is 1. The fourth-order valence-electron chi connectivity index (χ4n) is 3.75. The van der Waals surface area contributed by atoms with Gasteiger partial charge in [0.25, 0.3) is 10.0 Å². The van der Waals surface area contributed by atoms with E-state index in [1.807, 2.05) is 0 Å². The average Bonchev–Trinajstić information content (AvgIpc) is 3.21. The number of fused-ring (bicyclic) bond motifs is 1. The maximum absolute atomic E-state index is 13.3. The Morgan fingerprint density at radius 3 is 2.66 bits per heavy atom. The van der Waals surface area contributed by atoms with E-state index in [9.17, 15) is 13.2 Å². The molecule has 5 nitrogen and oxygen atoms in total. The molecule has 1 aliphatic rings. The third-order valence-electron chi connectivity index (χ3n) is 5.34. The standard InChI is InChI=1S/C25H19ClN2O3S/c1-17(29)24-16-22(27-2)10-8-19(24)7-6-18-4-3-5-23(14-18)32(30,31)28-13-12-20-15-21(26)9-11-25(20)28/h3-11,14-16H,12-13H2,1H3. The molecule has 160 valence electrons. The van der Waals surface area contributed by atoms with Gasteiger partial charge in [0.05, 0.1) is 17.2 Å². The van der Waals surface area contributed by atoms with E-state index >= 15 is 0 Å². The highest BCUT2D eigenvalue weighted by molar-refractivity contribution is 7.92. The summed E-state index contributed by atoms with van der Waals surface area (Å²) >= 11 is 6.04. The molecule has 0 saturated carbocycles. The molecule has 0 N–H and O–H groups in total. The predicted molar refractivity (Wildman–Crippen MR) is 128 cm³/mol. The van der Waals surface area contributed by atoms with E-state index < -0.39 is 10.0 Å². The minimum atomic E-state index is -3.73. The maximum atomic E-state index is 13.3. The van der Waals surface area contributed by atoms with Crippen LogP contribution in [0, 0.1) is 6.57 Å². The summed E-state index contributed by atoms with van der Waals surface area (Å²) in [6, 6.07) is 16.8. The summed E-state index contributed by atoms with van der Waals surface area (Å²) in [6.07, 6.45) is 4.13. The van der Waals surface area contributed by atoms with E-state index in [2.05, 4.69) is 4.85 Å². The van der Waals surface area contributed by atoms with Gasteiger partial charge in [-0.1, -0.05) is 48.0 Å². The van der Waals surface area contributed by atoms with Gasteiger partial charge in [0.15, 0.2) is 11.5 Å². The Labute approximate surface area is 192 Å². The lowest BCUT2D eigenvalue weighted by Crippen LogP contribution is -2.29. The summed E-state index contributed by atoms with van der Waals surface area (Å²) in [4.78, 5) is 15.5. The number of carbonyl (C=O) groups excluding carboxylic acids is 1. The number of carbonyl (C=O) groups is 1. The van der Waals surface area contributed by atoms with Crippen LogP contribution in [0.2, 0.25) is 5.02 Å². The van der Waals surface area contributed by atoms with Gasteiger partial charge >= 0.3 is 0 Å². The second-order valence-electron chi connectivity index (χ2n) is 7.45. The van der Waals surface area contributed by atoms with E-state index in [-0.39, 0.29) is 10.7 Å². The second-order valence-corrected chi connectivity index (χ2v) is 9.74. The zero-order valence-corrected chi connectivity index (χ0v) is 18.8. The Hall–Kier alpha value is -3.40. The Morgan fingerprint density at radius 2 is 1.91 bits per heavy atom. The first-order chi connectivity index (χ1) is 15.3. The molecule has 0 saturated heterocycles. The summed E-state index contributed by atoms with van der Waals surface area (Å²) in [5.41, 5.74) is 3.77. The van der Waals surface area contributed by atoms with Crippen LogP contribution in [0.15, 0.2) is 65.6 Å². The van der Waals surface area contributed by atoms with Crippen LogP contribution in [0.5, 0.6) is 0 Å². The molecule has 0 unspecified atom stereocenters. The van der Waals surface area contributed by atoms with Crippen molar-refractivity contribution >= 4 is 50.9 Å². The molecule has 0 fully saturated rings. The number of ketones is 1. The van der Waals surface area contributed by atoms with Crippen molar-refractivity contribution in [2.75, 3.05) is 10.8 Å². The van der Waals surface area contributed by atoms with Crippen molar-refractivity contribution in [3.05, 3.63) is 99.4 Å². The van der Waals surface area contributed by atoms with Crippen LogP contribution in [-0.4, -0.2) is 20.7 Å². The molecule has 1 aliphatic heterocycles. The van der Waals surface area contributed by atoms with Crippen LogP contribution in [0.4, 0.5) is 11.4 Å². The quantitative estimate of drug-likeness (QED) is 0.265. The van der Waals surface area contributed by atoms with Crippen molar-refractivity contribution in [1.29, 1.82) is 0 Å². The molecule has 7 heteroatoms. The van der Waals surface area contributed by atoms with Crippen LogP contribution in [0.3, 0.4) is 0 Å². The number of nitrogens with zero attached hydrogens (tertiary/aromatic N) is 2. The Balaban J connectivity index is 1.66. The molecule has 0 atom stereocenters. The number of hydrogen-bond donors (Lipinski definition) is 0. The van der Waals surface area contributed by atoms with Crippen LogP contribution < -0.4 is 4.31 Å². The third kappa shape index (κ3) is 4.18. The molecule has 1 heterocycles. The van der Waals surface area contributed by atoms with E-state index in [0.717, 1.165) is 5.56 Å². The minimum Gasteiger partial charge on any atom is -0.295 e. The Morgan fingerprint density at radius 1 is 1.09 bits per heavy atom. The van der Waals surface area contributed by atoms with Crippen LogP contribution in [-0.2, 0) is 16.4 Å². The molecule has 3 aromatic carbocycles. The van der Waals surface area contributed by atoms with Gasteiger partial charge in [0.1, 0.15) is 0 Å². The van der Waals surface area contributed by atoms with Crippen LogP contribution in [0.25, 0.3) is 17.0 Å². The molecule has 0 aromatic heterocycles. The molecule has 0 spiro atoms. The summed E-state index contributed by atoms with van der Waals surface area (Å²) in [5, 5.41) is 0.587. The van der Waals surface area contributed by atoms with Crippen LogP contribution in [0.1, 0.15) is 34.0 Å². The van der Waals surface area contributed by atoms with Crippen molar-refractivity contribution in [2.24, 2.45) is 0 Å². The van der Waals surface area contributed by atoms with Gasteiger partial charge in [-0.05, 0) is 66.4 Å². The summed E-state index contributed by atoms with van der Waals surface area (Å²) < 4.78 is 28.1. The smallest absolute Gasteiger partial charge is 0.264 e. The average molecular weight is 463 g/mol. The van der Waals surface area contributed by atoms with Crippen molar-refractivity contribution < 1.29 is 13.2 Å². The Kier molecular flexibility index (Phi) is 5.88. The molecule has 0 aliphatic carbocycles. The molecule has 0 radical (unpaired) electrons. The number of rotatable bonds is 5. The monoisotopic (exact) mass is 462 g/mol. The van der Waals surface area contributed by atoms with Gasteiger partial charge in [-0.3, -0.25) is 9.10 Å². The number of Topliss-reactive ketones (excluding diaryl/α,β-unsaturated/α-hetero) is 1. The van der Waals surface area contributed by atoms with E-state index in [0.29, 0.717) is 46.1 Å². The molecule has 3 aromatic rings. The van der Waals surface area contributed by atoms with E-state index in [1.165, 1.54) is 11.2 Å². The fraction of sp³-hybridized carbons (Fsp3) is 0.120. The van der Waals surface area contributed by atoms with Crippen molar-refractivity contribution in [2.45, 2.75) is 18.2 Å². The summed E-state index contributed by atoms with van der Waals surface area (Å²) in [6.45, 7) is 8.95.